The maximum absolute atomic E-state index is 13.2. The molecule has 0 radical (unpaired) electrons. The van der Waals surface area contributed by atoms with Crippen LogP contribution in [0.25, 0.3) is 0 Å². The Morgan fingerprint density at radius 1 is 1.23 bits per heavy atom. The van der Waals surface area contributed by atoms with E-state index in [0.29, 0.717) is 42.4 Å². The van der Waals surface area contributed by atoms with E-state index in [0.717, 1.165) is 24.1 Å². The highest BCUT2D eigenvalue weighted by molar-refractivity contribution is 7.90. The van der Waals surface area contributed by atoms with E-state index < -0.39 is 9.84 Å². The maximum Gasteiger partial charge on any atom is 0.251 e. The first-order chi connectivity index (χ1) is 16.5. The first kappa shape index (κ1) is 27.5. The Labute approximate surface area is 213 Å². The monoisotopic (exact) mass is 522 g/mol. The molecule has 1 fully saturated rings. The molecule has 6 nitrogen and oxygen atoms in total. The van der Waals surface area contributed by atoms with Crippen LogP contribution >= 0.6 is 12.6 Å². The van der Waals surface area contributed by atoms with E-state index in [2.05, 4.69) is 29.9 Å². The molecule has 1 aliphatic heterocycles. The van der Waals surface area contributed by atoms with E-state index in [1.54, 1.807) is 25.1 Å². The van der Waals surface area contributed by atoms with Gasteiger partial charge in [0, 0.05) is 35.7 Å². The van der Waals surface area contributed by atoms with Gasteiger partial charge in [0.1, 0.15) is 28.0 Å². The van der Waals surface area contributed by atoms with Gasteiger partial charge in [0.05, 0.1) is 5.75 Å². The van der Waals surface area contributed by atoms with Crippen LogP contribution in [-0.2, 0) is 22.7 Å². The molecule has 35 heavy (non-hydrogen) atoms. The molecule has 0 aliphatic carbocycles. The zero-order valence-corrected chi connectivity index (χ0v) is 22.2. The molecule has 0 spiro atoms. The second-order valence-electron chi connectivity index (χ2n) is 9.53. The van der Waals surface area contributed by atoms with Crippen LogP contribution in [0.3, 0.4) is 0 Å². The van der Waals surface area contributed by atoms with Gasteiger partial charge in [-0.2, -0.15) is 12.6 Å². The SMILES string of the molecule is CC(CCS(C)(=O)=O)NC(=O)c1cc(OCC2CC(S)CN2C)ccc1CCc1ccc(F)cc1. The number of amides is 1. The molecule has 3 unspecified atom stereocenters. The Kier molecular flexibility index (Phi) is 9.61. The first-order valence-electron chi connectivity index (χ1n) is 11.9. The molecule has 1 N–H and O–H groups in total. The van der Waals surface area contributed by atoms with Gasteiger partial charge in [-0.1, -0.05) is 18.2 Å². The topological polar surface area (TPSA) is 75.7 Å². The number of nitrogens with zero attached hydrogens (tertiary/aromatic N) is 1. The first-order valence-corrected chi connectivity index (χ1v) is 14.4. The van der Waals surface area contributed by atoms with Crippen molar-refractivity contribution < 1.29 is 22.3 Å². The summed E-state index contributed by atoms with van der Waals surface area (Å²) in [5, 5.41) is 3.26. The van der Waals surface area contributed by atoms with Crippen LogP contribution in [0, 0.1) is 5.82 Å². The van der Waals surface area contributed by atoms with Crippen molar-refractivity contribution in [1.29, 1.82) is 0 Å². The number of thiol groups is 1. The molecule has 0 aromatic heterocycles. The van der Waals surface area contributed by atoms with Crippen molar-refractivity contribution in [3.63, 3.8) is 0 Å². The maximum atomic E-state index is 13.2. The number of rotatable bonds is 11. The molecule has 1 saturated heterocycles. The average molecular weight is 523 g/mol. The number of halogens is 1. The van der Waals surface area contributed by atoms with E-state index in [9.17, 15) is 17.6 Å². The summed E-state index contributed by atoms with van der Waals surface area (Å²) in [5.74, 6) is 0.0748. The number of hydrogen-bond donors (Lipinski definition) is 2. The molecule has 2 aromatic carbocycles. The molecule has 9 heteroatoms. The van der Waals surface area contributed by atoms with Gasteiger partial charge in [0.2, 0.25) is 0 Å². The van der Waals surface area contributed by atoms with E-state index in [4.69, 9.17) is 4.74 Å². The molecule has 0 bridgehead atoms. The third kappa shape index (κ3) is 8.81. The summed E-state index contributed by atoms with van der Waals surface area (Å²) in [6.07, 6.45) is 3.72. The molecule has 1 heterocycles. The number of likely N-dealkylation sites (N-methyl/N-ethyl adjacent to an activating group) is 1. The number of likely N-dealkylation sites (tertiary alicyclic amines) is 1. The Morgan fingerprint density at radius 3 is 2.57 bits per heavy atom. The molecule has 3 atom stereocenters. The lowest BCUT2D eigenvalue weighted by molar-refractivity contribution is 0.0937. The Morgan fingerprint density at radius 2 is 1.94 bits per heavy atom. The lowest BCUT2D eigenvalue weighted by Crippen LogP contribution is -2.34. The van der Waals surface area contributed by atoms with Crippen molar-refractivity contribution in [1.82, 2.24) is 10.2 Å². The standard InChI is InChI=1S/C26H35FN2O4S2/c1-18(12-13-35(3,31)32)28-26(30)25-15-23(33-17-22-14-24(34)16-29(22)2)11-8-20(25)7-4-19-5-9-21(27)10-6-19/h5-6,8-11,15,18,22,24,34H,4,7,12-14,16-17H2,1-3H3,(H,28,30). The van der Waals surface area contributed by atoms with Crippen LogP contribution in [0.4, 0.5) is 4.39 Å². The van der Waals surface area contributed by atoms with Gasteiger partial charge in [-0.3, -0.25) is 9.69 Å². The van der Waals surface area contributed by atoms with E-state index in [1.807, 2.05) is 12.1 Å². The van der Waals surface area contributed by atoms with E-state index in [1.165, 1.54) is 18.4 Å². The molecule has 2 aromatic rings. The van der Waals surface area contributed by atoms with Crippen molar-refractivity contribution in [3.8, 4) is 5.75 Å². The highest BCUT2D eigenvalue weighted by atomic mass is 32.2. The van der Waals surface area contributed by atoms with Crippen molar-refractivity contribution in [2.45, 2.75) is 49.9 Å². The zero-order chi connectivity index (χ0) is 25.6. The van der Waals surface area contributed by atoms with E-state index in [-0.39, 0.29) is 29.6 Å². The molecule has 192 valence electrons. The summed E-state index contributed by atoms with van der Waals surface area (Å²) in [6, 6.07) is 11.8. The summed E-state index contributed by atoms with van der Waals surface area (Å²) in [4.78, 5) is 15.4. The van der Waals surface area contributed by atoms with Gasteiger partial charge >= 0.3 is 0 Å². The van der Waals surface area contributed by atoms with Gasteiger partial charge in [0.15, 0.2) is 0 Å². The number of benzene rings is 2. The quantitative estimate of drug-likeness (QED) is 0.442. The molecular formula is C26H35FN2O4S2. The van der Waals surface area contributed by atoms with Crippen LogP contribution in [0.15, 0.2) is 42.5 Å². The lowest BCUT2D eigenvalue weighted by atomic mass is 9.98. The van der Waals surface area contributed by atoms with Gasteiger partial charge in [0.25, 0.3) is 5.91 Å². The normalized spacial score (nSPS) is 19.5. The third-order valence-corrected chi connectivity index (χ3v) is 7.68. The largest absolute Gasteiger partial charge is 0.492 e. The fourth-order valence-electron chi connectivity index (χ4n) is 4.21. The second kappa shape index (κ2) is 12.2. The second-order valence-corrected chi connectivity index (χ2v) is 12.5. The molecule has 1 amide bonds. The van der Waals surface area contributed by atoms with E-state index >= 15 is 0 Å². The van der Waals surface area contributed by atoms with Crippen LogP contribution in [-0.4, -0.2) is 68.8 Å². The smallest absolute Gasteiger partial charge is 0.251 e. The van der Waals surface area contributed by atoms with Crippen LogP contribution in [0.2, 0.25) is 0 Å². The van der Waals surface area contributed by atoms with Gasteiger partial charge in [-0.05, 0) is 75.0 Å². The third-order valence-electron chi connectivity index (χ3n) is 6.33. The number of aryl methyl sites for hydroxylation is 2. The van der Waals surface area contributed by atoms with Crippen molar-refractivity contribution in [3.05, 3.63) is 65.0 Å². The fourth-order valence-corrected chi connectivity index (χ4v) is 5.49. The van der Waals surface area contributed by atoms with Gasteiger partial charge < -0.3 is 10.1 Å². The number of ether oxygens (including phenoxy) is 1. The highest BCUT2D eigenvalue weighted by Gasteiger charge is 2.27. The van der Waals surface area contributed by atoms with Crippen molar-refractivity contribution >= 4 is 28.4 Å². The summed E-state index contributed by atoms with van der Waals surface area (Å²) in [7, 11) is -1.05. The molecule has 1 aliphatic rings. The number of carbonyl (C=O) groups excluding carboxylic acids is 1. The minimum Gasteiger partial charge on any atom is -0.492 e. The predicted octanol–water partition coefficient (Wildman–Crippen LogP) is 3.55. The Balaban J connectivity index is 1.73. The summed E-state index contributed by atoms with van der Waals surface area (Å²) >= 11 is 4.56. The summed E-state index contributed by atoms with van der Waals surface area (Å²) in [6.45, 7) is 3.22. The van der Waals surface area contributed by atoms with Gasteiger partial charge in [-0.25, -0.2) is 12.8 Å². The number of sulfone groups is 1. The average Bonchev–Trinajstić information content (AvgIpc) is 3.12. The number of nitrogens with one attached hydrogen (secondary N) is 1. The molecule has 3 rings (SSSR count). The van der Waals surface area contributed by atoms with Crippen molar-refractivity contribution in [2.75, 3.05) is 32.2 Å². The predicted molar refractivity (Wildman–Crippen MR) is 141 cm³/mol. The van der Waals surface area contributed by atoms with Crippen LogP contribution < -0.4 is 10.1 Å². The zero-order valence-electron chi connectivity index (χ0n) is 20.5. The summed E-state index contributed by atoms with van der Waals surface area (Å²) < 4.78 is 42.3. The van der Waals surface area contributed by atoms with Crippen LogP contribution in [0.1, 0.15) is 41.3 Å². The van der Waals surface area contributed by atoms with Gasteiger partial charge in [-0.15, -0.1) is 0 Å². The van der Waals surface area contributed by atoms with Crippen LogP contribution in [0.5, 0.6) is 5.75 Å². The Hall–Kier alpha value is -2.10. The van der Waals surface area contributed by atoms with Crippen molar-refractivity contribution in [2.24, 2.45) is 0 Å². The summed E-state index contributed by atoms with van der Waals surface area (Å²) in [5.41, 5.74) is 2.33. The molecule has 0 saturated carbocycles. The molecular weight excluding hydrogens is 487 g/mol. The minimum absolute atomic E-state index is 0.00998. The fraction of sp³-hybridized carbons (Fsp3) is 0.500. The Bertz CT molecular complexity index is 1110. The number of hydrogen-bond acceptors (Lipinski definition) is 6. The number of carbonyl (C=O) groups is 1. The lowest BCUT2D eigenvalue weighted by Gasteiger charge is -2.20. The highest BCUT2D eigenvalue weighted by Crippen LogP contribution is 2.24. The minimum atomic E-state index is -3.11.